The fraction of sp³-hybridized carbons (Fsp3) is 0.308. The number of thiazole rings is 1. The van der Waals surface area contributed by atoms with E-state index in [0.717, 1.165) is 51.4 Å². The van der Waals surface area contributed by atoms with E-state index in [1.807, 2.05) is 48.7 Å². The Hall–Kier alpha value is -2.68. The van der Waals surface area contributed by atoms with Crippen LogP contribution in [0.4, 0.5) is 5.13 Å². The molecule has 1 N–H and O–H groups in total. The molecule has 1 aliphatic carbocycles. The molecule has 35 heavy (non-hydrogen) atoms. The summed E-state index contributed by atoms with van der Waals surface area (Å²) in [6.45, 7) is 0. The van der Waals surface area contributed by atoms with Crippen LogP contribution in [0.1, 0.15) is 54.3 Å². The lowest BCUT2D eigenvalue weighted by Crippen LogP contribution is -2.15. The van der Waals surface area contributed by atoms with Gasteiger partial charge in [0.1, 0.15) is 5.82 Å². The molecule has 5 rings (SSSR count). The molecule has 2 heterocycles. The van der Waals surface area contributed by atoms with Gasteiger partial charge in [-0.1, -0.05) is 73.0 Å². The van der Waals surface area contributed by atoms with Gasteiger partial charge in [-0.25, -0.2) is 4.98 Å². The predicted octanol–water partition coefficient (Wildman–Crippen LogP) is 6.75. The Morgan fingerprint density at radius 2 is 1.83 bits per heavy atom. The van der Waals surface area contributed by atoms with E-state index in [0.29, 0.717) is 11.0 Å². The van der Waals surface area contributed by atoms with Gasteiger partial charge >= 0.3 is 0 Å². The van der Waals surface area contributed by atoms with Crippen LogP contribution in [-0.2, 0) is 11.2 Å². The lowest BCUT2D eigenvalue weighted by molar-refractivity contribution is -0.113. The molecule has 0 saturated heterocycles. The van der Waals surface area contributed by atoms with E-state index in [1.54, 1.807) is 0 Å². The number of nitrogens with zero attached hydrogens (tertiary/aromatic N) is 4. The first-order valence-corrected chi connectivity index (χ1v) is 14.0. The van der Waals surface area contributed by atoms with Gasteiger partial charge < -0.3 is 5.32 Å². The molecule has 9 heteroatoms. The third-order valence-corrected chi connectivity index (χ3v) is 8.16. The SMILES string of the molecule is O=C(CSc1nnc(C2CCCCC2)n1-c1ccccc1)Nc1ncc(Cc2ccc(Cl)cc2)s1. The minimum Gasteiger partial charge on any atom is -0.301 e. The molecule has 0 atom stereocenters. The predicted molar refractivity (Wildman–Crippen MR) is 143 cm³/mol. The third-order valence-electron chi connectivity index (χ3n) is 6.07. The molecule has 180 valence electrons. The highest BCUT2D eigenvalue weighted by atomic mass is 35.5. The number of benzene rings is 2. The van der Waals surface area contributed by atoms with Crippen LogP contribution in [-0.4, -0.2) is 31.4 Å². The number of anilines is 1. The lowest BCUT2D eigenvalue weighted by atomic mass is 9.88. The summed E-state index contributed by atoms with van der Waals surface area (Å²) >= 11 is 8.86. The molecule has 0 bridgehead atoms. The number of hydrogen-bond donors (Lipinski definition) is 1. The number of aromatic nitrogens is 4. The maximum Gasteiger partial charge on any atom is 0.236 e. The summed E-state index contributed by atoms with van der Waals surface area (Å²) < 4.78 is 2.13. The summed E-state index contributed by atoms with van der Waals surface area (Å²) in [6.07, 6.45) is 8.58. The number of thioether (sulfide) groups is 1. The monoisotopic (exact) mass is 523 g/mol. The van der Waals surface area contributed by atoms with Crippen molar-refractivity contribution in [3.63, 3.8) is 0 Å². The number of para-hydroxylation sites is 1. The van der Waals surface area contributed by atoms with Gasteiger partial charge in [0.15, 0.2) is 10.3 Å². The van der Waals surface area contributed by atoms with Crippen LogP contribution in [0.2, 0.25) is 5.02 Å². The van der Waals surface area contributed by atoms with Crippen molar-refractivity contribution in [1.29, 1.82) is 0 Å². The summed E-state index contributed by atoms with van der Waals surface area (Å²) in [5, 5.41) is 14.0. The summed E-state index contributed by atoms with van der Waals surface area (Å²) in [5.74, 6) is 1.55. The largest absolute Gasteiger partial charge is 0.301 e. The zero-order chi connectivity index (χ0) is 24.0. The molecular formula is C26H26ClN5OS2. The highest BCUT2D eigenvalue weighted by Gasteiger charge is 2.24. The zero-order valence-electron chi connectivity index (χ0n) is 19.2. The second-order valence-corrected chi connectivity index (χ2v) is 11.1. The van der Waals surface area contributed by atoms with Crippen LogP contribution in [0.25, 0.3) is 5.69 Å². The molecule has 0 unspecified atom stereocenters. The Labute approximate surface area is 218 Å². The van der Waals surface area contributed by atoms with Gasteiger partial charge in [0.05, 0.1) is 5.75 Å². The Bertz CT molecular complexity index is 1270. The van der Waals surface area contributed by atoms with Gasteiger partial charge in [-0.2, -0.15) is 0 Å². The van der Waals surface area contributed by atoms with E-state index < -0.39 is 0 Å². The van der Waals surface area contributed by atoms with Gasteiger partial charge in [-0.3, -0.25) is 9.36 Å². The summed E-state index contributed by atoms with van der Waals surface area (Å²) in [4.78, 5) is 18.2. The Morgan fingerprint density at radius 3 is 2.60 bits per heavy atom. The molecular weight excluding hydrogens is 498 g/mol. The zero-order valence-corrected chi connectivity index (χ0v) is 21.6. The molecule has 4 aromatic rings. The first kappa shape index (κ1) is 24.0. The molecule has 2 aromatic heterocycles. The van der Waals surface area contributed by atoms with Gasteiger partial charge in [-0.05, 0) is 42.7 Å². The van der Waals surface area contributed by atoms with Crippen LogP contribution in [0, 0.1) is 0 Å². The van der Waals surface area contributed by atoms with Crippen molar-refractivity contribution >= 4 is 45.7 Å². The van der Waals surface area contributed by atoms with Gasteiger partial charge in [0, 0.05) is 34.1 Å². The molecule has 2 aromatic carbocycles. The van der Waals surface area contributed by atoms with E-state index in [1.165, 1.54) is 42.4 Å². The highest BCUT2D eigenvalue weighted by molar-refractivity contribution is 7.99. The molecule has 1 aliphatic rings. The number of amides is 1. The number of rotatable bonds is 8. The fourth-order valence-electron chi connectivity index (χ4n) is 4.36. The number of nitrogens with one attached hydrogen (secondary N) is 1. The number of hydrogen-bond acceptors (Lipinski definition) is 6. The summed E-state index contributed by atoms with van der Waals surface area (Å²) in [7, 11) is 0. The fourth-order valence-corrected chi connectivity index (χ4v) is 6.10. The maximum atomic E-state index is 12.7. The van der Waals surface area contributed by atoms with Crippen molar-refractivity contribution in [2.24, 2.45) is 0 Å². The van der Waals surface area contributed by atoms with Gasteiger partial charge in [-0.15, -0.1) is 21.5 Å². The Kier molecular flexibility index (Phi) is 7.81. The standard InChI is InChI=1S/C26H26ClN5OS2/c27-20-13-11-18(12-14-20)15-22-16-28-25(35-22)29-23(33)17-34-26-31-30-24(19-7-3-1-4-8-19)32(26)21-9-5-2-6-10-21/h2,5-6,9-14,16,19H,1,3-4,7-8,15,17H2,(H,28,29,33). The summed E-state index contributed by atoms with van der Waals surface area (Å²) in [5.41, 5.74) is 2.19. The minimum absolute atomic E-state index is 0.107. The number of carbonyl (C=O) groups excluding carboxylic acids is 1. The van der Waals surface area contributed by atoms with Crippen LogP contribution < -0.4 is 5.32 Å². The lowest BCUT2D eigenvalue weighted by Gasteiger charge is -2.22. The first-order chi connectivity index (χ1) is 17.2. The van der Waals surface area contributed by atoms with Crippen molar-refractivity contribution < 1.29 is 4.79 Å². The van der Waals surface area contributed by atoms with E-state index in [2.05, 4.69) is 37.2 Å². The third kappa shape index (κ3) is 6.12. The molecule has 0 spiro atoms. The quantitative estimate of drug-likeness (QED) is 0.259. The number of carbonyl (C=O) groups is 1. The highest BCUT2D eigenvalue weighted by Crippen LogP contribution is 2.35. The van der Waals surface area contributed by atoms with E-state index >= 15 is 0 Å². The normalized spacial score (nSPS) is 14.2. The van der Waals surface area contributed by atoms with Gasteiger partial charge in [0.2, 0.25) is 5.91 Å². The van der Waals surface area contributed by atoms with E-state index in [9.17, 15) is 4.79 Å². The van der Waals surface area contributed by atoms with Crippen molar-refractivity contribution in [2.45, 2.75) is 49.6 Å². The van der Waals surface area contributed by atoms with Crippen LogP contribution >= 0.6 is 34.7 Å². The first-order valence-electron chi connectivity index (χ1n) is 11.8. The second-order valence-electron chi connectivity index (χ2n) is 8.62. The van der Waals surface area contributed by atoms with Crippen LogP contribution in [0.5, 0.6) is 0 Å². The second kappa shape index (κ2) is 11.4. The van der Waals surface area contributed by atoms with Crippen molar-refractivity contribution in [1.82, 2.24) is 19.7 Å². The molecule has 1 saturated carbocycles. The average molecular weight is 524 g/mol. The molecule has 1 amide bonds. The maximum absolute atomic E-state index is 12.7. The average Bonchev–Trinajstić information content (AvgIpc) is 3.52. The van der Waals surface area contributed by atoms with Crippen LogP contribution in [0.15, 0.2) is 66.0 Å². The smallest absolute Gasteiger partial charge is 0.236 e. The van der Waals surface area contributed by atoms with Crippen molar-refractivity contribution in [2.75, 3.05) is 11.1 Å². The Balaban J connectivity index is 1.24. The van der Waals surface area contributed by atoms with Gasteiger partial charge in [0.25, 0.3) is 0 Å². The molecule has 6 nitrogen and oxygen atoms in total. The van der Waals surface area contributed by atoms with Crippen molar-refractivity contribution in [3.8, 4) is 5.69 Å². The molecule has 1 fully saturated rings. The Morgan fingerprint density at radius 1 is 1.06 bits per heavy atom. The minimum atomic E-state index is -0.107. The molecule has 0 aliphatic heterocycles. The van der Waals surface area contributed by atoms with Crippen LogP contribution in [0.3, 0.4) is 0 Å². The topological polar surface area (TPSA) is 72.7 Å². The summed E-state index contributed by atoms with van der Waals surface area (Å²) in [6, 6.07) is 17.9. The van der Waals surface area contributed by atoms with Crippen molar-refractivity contribution in [3.05, 3.63) is 82.1 Å². The van der Waals surface area contributed by atoms with E-state index in [-0.39, 0.29) is 11.7 Å². The van der Waals surface area contributed by atoms with E-state index in [4.69, 9.17) is 11.6 Å². The molecule has 0 radical (unpaired) electrons. The number of halogens is 1.